The van der Waals surface area contributed by atoms with Crippen LogP contribution in [0, 0.1) is 5.82 Å². The topological polar surface area (TPSA) is 61.1 Å². The smallest absolute Gasteiger partial charge is 0.298 e. The van der Waals surface area contributed by atoms with Crippen LogP contribution in [-0.2, 0) is 18.4 Å². The Kier molecular flexibility index (Phi) is 2.86. The number of hydrogen-bond acceptors (Lipinski definition) is 3. The van der Waals surface area contributed by atoms with E-state index in [1.807, 2.05) is 0 Å². The van der Waals surface area contributed by atoms with Crippen LogP contribution < -0.4 is 11.2 Å². The van der Waals surface area contributed by atoms with Crippen molar-refractivity contribution in [1.29, 1.82) is 0 Å². The molecule has 1 heterocycles. The maximum atomic E-state index is 13.1. The summed E-state index contributed by atoms with van der Waals surface area (Å²) in [4.78, 5) is 35.0. The predicted octanol–water partition coefficient (Wildman–Crippen LogP) is 0.428. The van der Waals surface area contributed by atoms with E-state index in [4.69, 9.17) is 0 Å². The van der Waals surface area contributed by atoms with Gasteiger partial charge in [-0.05, 0) is 25.1 Å². The van der Waals surface area contributed by atoms with E-state index in [1.165, 1.54) is 30.7 Å². The largest absolute Gasteiger partial charge is 0.331 e. The Labute approximate surface area is 101 Å². The molecule has 6 heteroatoms. The molecule has 5 nitrogen and oxygen atoms in total. The fourth-order valence-electron chi connectivity index (χ4n) is 1.85. The van der Waals surface area contributed by atoms with Crippen molar-refractivity contribution >= 4 is 16.7 Å². The number of Topliss-reactive ketones (excluding diaryl/α,β-unsaturated/α-hetero) is 1. The summed E-state index contributed by atoms with van der Waals surface area (Å²) in [6.45, 7) is 0.972. The van der Waals surface area contributed by atoms with E-state index < -0.39 is 17.1 Å². The van der Waals surface area contributed by atoms with Gasteiger partial charge in [0.25, 0.3) is 5.56 Å². The van der Waals surface area contributed by atoms with Crippen LogP contribution in [0.3, 0.4) is 0 Å². The summed E-state index contributed by atoms with van der Waals surface area (Å²) < 4.78 is 15.2. The van der Waals surface area contributed by atoms with Gasteiger partial charge in [-0.2, -0.15) is 0 Å². The number of rotatable bonds is 2. The molecule has 0 saturated heterocycles. The molecule has 0 saturated carbocycles. The molecule has 1 aromatic heterocycles. The van der Waals surface area contributed by atoms with E-state index >= 15 is 0 Å². The number of aromatic nitrogens is 2. The lowest BCUT2D eigenvalue weighted by molar-refractivity contribution is -0.117. The normalized spacial score (nSPS) is 10.8. The number of hydrogen-bond donors (Lipinski definition) is 0. The van der Waals surface area contributed by atoms with Gasteiger partial charge in [-0.25, -0.2) is 9.18 Å². The zero-order valence-electron chi connectivity index (χ0n) is 9.94. The molecule has 0 amide bonds. The first-order valence-corrected chi connectivity index (χ1v) is 5.30. The summed E-state index contributed by atoms with van der Waals surface area (Å²) in [6, 6.07) is 3.61. The molecule has 0 aliphatic rings. The number of nitrogens with zero attached hydrogens (tertiary/aromatic N) is 2. The van der Waals surface area contributed by atoms with Crippen LogP contribution >= 0.6 is 0 Å². The van der Waals surface area contributed by atoms with E-state index in [1.54, 1.807) is 0 Å². The van der Waals surface area contributed by atoms with Crippen LogP contribution in [0.15, 0.2) is 27.8 Å². The van der Waals surface area contributed by atoms with E-state index in [0.29, 0.717) is 5.52 Å². The molecule has 0 bridgehead atoms. The molecular weight excluding hydrogens is 239 g/mol. The second-order valence-corrected chi connectivity index (χ2v) is 4.10. The van der Waals surface area contributed by atoms with Gasteiger partial charge in [0, 0.05) is 7.05 Å². The van der Waals surface area contributed by atoms with Gasteiger partial charge in [0.2, 0.25) is 0 Å². The van der Waals surface area contributed by atoms with Gasteiger partial charge in [-0.3, -0.25) is 18.7 Å². The average molecular weight is 250 g/mol. The van der Waals surface area contributed by atoms with Gasteiger partial charge in [0.15, 0.2) is 0 Å². The van der Waals surface area contributed by atoms with Gasteiger partial charge in [0.1, 0.15) is 11.6 Å². The SMILES string of the molecule is CC(=O)Cn1c(=O)c2cc(F)ccc2n(C)c1=O. The van der Waals surface area contributed by atoms with E-state index in [9.17, 15) is 18.8 Å². The van der Waals surface area contributed by atoms with E-state index in [-0.39, 0.29) is 17.7 Å². The van der Waals surface area contributed by atoms with Gasteiger partial charge in [-0.15, -0.1) is 0 Å². The molecule has 0 aliphatic carbocycles. The van der Waals surface area contributed by atoms with Crippen molar-refractivity contribution in [2.24, 2.45) is 7.05 Å². The third-order valence-corrected chi connectivity index (χ3v) is 2.69. The summed E-state index contributed by atoms with van der Waals surface area (Å²) in [5.41, 5.74) is -0.900. The Hall–Kier alpha value is -2.24. The summed E-state index contributed by atoms with van der Waals surface area (Å²) in [5.74, 6) is -0.877. The fraction of sp³-hybridized carbons (Fsp3) is 0.250. The molecule has 0 atom stereocenters. The van der Waals surface area contributed by atoms with Crippen molar-refractivity contribution in [2.45, 2.75) is 13.5 Å². The van der Waals surface area contributed by atoms with Gasteiger partial charge in [0.05, 0.1) is 17.4 Å². The molecule has 0 unspecified atom stereocenters. The molecule has 0 fully saturated rings. The zero-order valence-corrected chi connectivity index (χ0v) is 9.94. The van der Waals surface area contributed by atoms with Gasteiger partial charge in [-0.1, -0.05) is 0 Å². The molecule has 0 aliphatic heterocycles. The third kappa shape index (κ3) is 1.85. The highest BCUT2D eigenvalue weighted by atomic mass is 19.1. The van der Waals surface area contributed by atoms with Gasteiger partial charge >= 0.3 is 5.69 Å². The maximum Gasteiger partial charge on any atom is 0.331 e. The quantitative estimate of drug-likeness (QED) is 0.776. The lowest BCUT2D eigenvalue weighted by Crippen LogP contribution is -2.40. The molecule has 2 rings (SSSR count). The van der Waals surface area contributed by atoms with Crippen molar-refractivity contribution in [3.63, 3.8) is 0 Å². The average Bonchev–Trinajstić information content (AvgIpc) is 2.31. The number of carbonyl (C=O) groups excluding carboxylic acids is 1. The van der Waals surface area contributed by atoms with Crippen molar-refractivity contribution in [3.8, 4) is 0 Å². The minimum atomic E-state index is -0.650. The van der Waals surface area contributed by atoms with Crippen LogP contribution in [-0.4, -0.2) is 14.9 Å². The third-order valence-electron chi connectivity index (χ3n) is 2.69. The lowest BCUT2D eigenvalue weighted by atomic mass is 10.2. The zero-order chi connectivity index (χ0) is 13.4. The molecule has 0 N–H and O–H groups in total. The van der Waals surface area contributed by atoms with E-state index in [0.717, 1.165) is 10.6 Å². The molecule has 18 heavy (non-hydrogen) atoms. The minimum absolute atomic E-state index is 0.0818. The number of halogens is 1. The Morgan fingerprint density at radius 3 is 2.61 bits per heavy atom. The number of carbonyl (C=O) groups is 1. The van der Waals surface area contributed by atoms with Crippen molar-refractivity contribution < 1.29 is 9.18 Å². The Balaban J connectivity index is 2.93. The fourth-order valence-corrected chi connectivity index (χ4v) is 1.85. The number of ketones is 1. The Morgan fingerprint density at radius 1 is 1.33 bits per heavy atom. The predicted molar refractivity (Wildman–Crippen MR) is 64.1 cm³/mol. The number of aryl methyl sites for hydroxylation is 1. The van der Waals surface area contributed by atoms with Gasteiger partial charge < -0.3 is 0 Å². The first kappa shape index (κ1) is 12.2. The number of fused-ring (bicyclic) bond motifs is 1. The molecule has 94 valence electrons. The molecule has 0 radical (unpaired) electrons. The minimum Gasteiger partial charge on any atom is -0.298 e. The summed E-state index contributed by atoms with van der Waals surface area (Å²) in [6.07, 6.45) is 0. The van der Waals surface area contributed by atoms with Crippen LogP contribution in [0.5, 0.6) is 0 Å². The van der Waals surface area contributed by atoms with Crippen molar-refractivity contribution in [3.05, 3.63) is 44.9 Å². The Morgan fingerprint density at radius 2 is 2.00 bits per heavy atom. The van der Waals surface area contributed by atoms with E-state index in [2.05, 4.69) is 0 Å². The van der Waals surface area contributed by atoms with Crippen LogP contribution in [0.2, 0.25) is 0 Å². The first-order chi connectivity index (χ1) is 8.41. The van der Waals surface area contributed by atoms with Crippen LogP contribution in [0.1, 0.15) is 6.92 Å². The van der Waals surface area contributed by atoms with Crippen molar-refractivity contribution in [2.75, 3.05) is 0 Å². The molecular formula is C12H11FN2O3. The summed E-state index contributed by atoms with van der Waals surface area (Å²) in [7, 11) is 1.47. The van der Waals surface area contributed by atoms with Crippen LogP contribution in [0.25, 0.3) is 10.9 Å². The Bertz CT molecular complexity index is 758. The van der Waals surface area contributed by atoms with Crippen molar-refractivity contribution in [1.82, 2.24) is 9.13 Å². The maximum absolute atomic E-state index is 13.1. The second-order valence-electron chi connectivity index (χ2n) is 4.10. The molecule has 0 spiro atoms. The number of benzene rings is 1. The standard InChI is InChI=1S/C12H11FN2O3/c1-7(16)6-15-11(17)9-5-8(13)3-4-10(9)14(2)12(15)18/h3-5H,6H2,1-2H3. The highest BCUT2D eigenvalue weighted by Gasteiger charge is 2.12. The summed E-state index contributed by atoms with van der Waals surface area (Å²) >= 11 is 0. The highest BCUT2D eigenvalue weighted by molar-refractivity contribution is 5.79. The monoisotopic (exact) mass is 250 g/mol. The highest BCUT2D eigenvalue weighted by Crippen LogP contribution is 2.09. The molecule has 2 aromatic rings. The molecule has 1 aromatic carbocycles. The van der Waals surface area contributed by atoms with Crippen LogP contribution in [0.4, 0.5) is 4.39 Å². The lowest BCUT2D eigenvalue weighted by Gasteiger charge is -2.09. The second kappa shape index (κ2) is 4.21. The summed E-state index contributed by atoms with van der Waals surface area (Å²) in [5, 5.41) is 0.0818. The first-order valence-electron chi connectivity index (χ1n) is 5.30.